The van der Waals surface area contributed by atoms with Crippen LogP contribution in [0.4, 0.5) is 10.1 Å². The molecule has 0 atom stereocenters. The summed E-state index contributed by atoms with van der Waals surface area (Å²) >= 11 is 1.08. The van der Waals surface area contributed by atoms with Gasteiger partial charge in [-0.15, -0.1) is 10.2 Å². The lowest BCUT2D eigenvalue weighted by Gasteiger charge is -2.10. The molecule has 7 nitrogen and oxygen atoms in total. The first kappa shape index (κ1) is 18.0. The Morgan fingerprint density at radius 1 is 1.31 bits per heavy atom. The Bertz CT molecular complexity index is 958. The maximum Gasteiger partial charge on any atom is 0.221 e. The number of hydrogen-bond acceptors (Lipinski definition) is 6. The number of amides is 1. The molecule has 0 bridgehead atoms. The fourth-order valence-corrected chi connectivity index (χ4v) is 3.31. The van der Waals surface area contributed by atoms with E-state index >= 15 is 0 Å². The third-order valence-corrected chi connectivity index (χ3v) is 4.50. The molecule has 0 saturated heterocycles. The Kier molecular flexibility index (Phi) is 5.27. The average Bonchev–Trinajstić information content (AvgIpc) is 2.97. The zero-order chi connectivity index (χ0) is 18.7. The van der Waals surface area contributed by atoms with Crippen LogP contribution in [-0.2, 0) is 11.2 Å². The van der Waals surface area contributed by atoms with Crippen LogP contribution in [-0.4, -0.2) is 30.6 Å². The predicted octanol–water partition coefficient (Wildman–Crippen LogP) is 3.18. The van der Waals surface area contributed by atoms with Gasteiger partial charge >= 0.3 is 0 Å². The number of hydrogen-bond donors (Lipinski definition) is 1. The molecule has 0 fully saturated rings. The lowest BCUT2D eigenvalue weighted by atomic mass is 10.2. The number of nitrogens with one attached hydrogen (secondary N) is 1. The summed E-state index contributed by atoms with van der Waals surface area (Å²) in [6, 6.07) is 7.26. The second kappa shape index (κ2) is 7.61. The van der Waals surface area contributed by atoms with Gasteiger partial charge in [0.1, 0.15) is 17.2 Å². The van der Waals surface area contributed by atoms with Crippen molar-refractivity contribution in [2.45, 2.75) is 37.4 Å². The molecule has 0 spiro atoms. The highest BCUT2D eigenvalue weighted by Crippen LogP contribution is 2.30. The fraction of sp³-hybridized carbons (Fsp3) is 0.235. The van der Waals surface area contributed by atoms with Crippen molar-refractivity contribution in [3.8, 4) is 5.69 Å². The fourth-order valence-electron chi connectivity index (χ4n) is 2.42. The molecule has 1 N–H and O–H groups in total. The Hall–Kier alpha value is -2.81. The number of aromatic nitrogens is 5. The van der Waals surface area contributed by atoms with Gasteiger partial charge in [0, 0.05) is 12.6 Å². The van der Waals surface area contributed by atoms with Crippen molar-refractivity contribution in [3.05, 3.63) is 47.9 Å². The maximum atomic E-state index is 14.5. The average molecular weight is 372 g/mol. The first-order valence-corrected chi connectivity index (χ1v) is 8.78. The monoisotopic (exact) mass is 372 g/mol. The molecule has 1 aromatic carbocycles. The largest absolute Gasteiger partial charge is 0.326 e. The smallest absolute Gasteiger partial charge is 0.221 e. The van der Waals surface area contributed by atoms with Crippen LogP contribution in [0.25, 0.3) is 5.69 Å². The third-order valence-electron chi connectivity index (χ3n) is 3.57. The van der Waals surface area contributed by atoms with Crippen LogP contribution in [0, 0.1) is 12.7 Å². The first-order chi connectivity index (χ1) is 12.5. The molecule has 2 aromatic heterocycles. The van der Waals surface area contributed by atoms with E-state index in [4.69, 9.17) is 0 Å². The van der Waals surface area contributed by atoms with Crippen LogP contribution in [0.2, 0.25) is 0 Å². The Morgan fingerprint density at radius 2 is 2.12 bits per heavy atom. The molecule has 0 radical (unpaired) electrons. The third kappa shape index (κ3) is 3.72. The summed E-state index contributed by atoms with van der Waals surface area (Å²) in [5.74, 6) is 0.0317. The normalized spacial score (nSPS) is 10.8. The number of halogens is 1. The van der Waals surface area contributed by atoms with E-state index in [1.807, 2.05) is 19.1 Å². The van der Waals surface area contributed by atoms with E-state index in [1.165, 1.54) is 13.3 Å². The zero-order valence-corrected chi connectivity index (χ0v) is 15.3. The van der Waals surface area contributed by atoms with Crippen molar-refractivity contribution in [3.63, 3.8) is 0 Å². The number of carbonyl (C=O) groups is 1. The van der Waals surface area contributed by atoms with Gasteiger partial charge in [-0.3, -0.25) is 9.36 Å². The highest BCUT2D eigenvalue weighted by atomic mass is 32.2. The lowest BCUT2D eigenvalue weighted by Crippen LogP contribution is -2.07. The molecule has 0 saturated carbocycles. The topological polar surface area (TPSA) is 85.6 Å². The maximum absolute atomic E-state index is 14.5. The van der Waals surface area contributed by atoms with Crippen LogP contribution in [0.5, 0.6) is 0 Å². The number of anilines is 1. The van der Waals surface area contributed by atoms with Crippen LogP contribution in [0.3, 0.4) is 0 Å². The van der Waals surface area contributed by atoms with Gasteiger partial charge in [0.25, 0.3) is 0 Å². The number of benzene rings is 1. The van der Waals surface area contributed by atoms with E-state index in [0.717, 1.165) is 17.4 Å². The van der Waals surface area contributed by atoms with Crippen molar-refractivity contribution >= 4 is 23.4 Å². The minimum absolute atomic E-state index is 0.160. The number of rotatable bonds is 5. The van der Waals surface area contributed by atoms with Gasteiger partial charge in [-0.2, -0.15) is 0 Å². The summed E-state index contributed by atoms with van der Waals surface area (Å²) in [5, 5.41) is 11.6. The van der Waals surface area contributed by atoms with Gasteiger partial charge in [0.15, 0.2) is 5.82 Å². The Balaban J connectivity index is 1.99. The van der Waals surface area contributed by atoms with E-state index in [1.54, 1.807) is 23.6 Å². The summed E-state index contributed by atoms with van der Waals surface area (Å²) in [6.07, 6.45) is 1.82. The molecule has 26 heavy (non-hydrogen) atoms. The van der Waals surface area contributed by atoms with Gasteiger partial charge < -0.3 is 5.32 Å². The molecular weight excluding hydrogens is 355 g/mol. The Labute approximate surface area is 154 Å². The van der Waals surface area contributed by atoms with Crippen molar-refractivity contribution < 1.29 is 9.18 Å². The van der Waals surface area contributed by atoms with E-state index in [0.29, 0.717) is 28.8 Å². The van der Waals surface area contributed by atoms with Crippen LogP contribution < -0.4 is 5.32 Å². The minimum Gasteiger partial charge on any atom is -0.326 e. The number of carbonyl (C=O) groups excluding carboxylic acids is 1. The van der Waals surface area contributed by atoms with E-state index in [9.17, 15) is 9.18 Å². The standard InChI is InChI=1S/C17H17FN6OS/c1-4-14-15(18)16(20-9-19-14)26-17-23-22-10(2)24(17)13-7-5-6-12(8-13)21-11(3)25/h5-9H,4H2,1-3H3,(H,21,25). The molecule has 0 aliphatic rings. The van der Waals surface area contributed by atoms with Crippen LogP contribution in [0.15, 0.2) is 40.8 Å². The van der Waals surface area contributed by atoms with Gasteiger partial charge in [-0.05, 0) is 43.3 Å². The van der Waals surface area contributed by atoms with Crippen molar-refractivity contribution in [2.24, 2.45) is 0 Å². The summed E-state index contributed by atoms with van der Waals surface area (Å²) in [7, 11) is 0. The molecular formula is C17H17FN6OS. The second-order valence-electron chi connectivity index (χ2n) is 5.49. The van der Waals surface area contributed by atoms with Gasteiger partial charge in [0.05, 0.1) is 11.4 Å². The van der Waals surface area contributed by atoms with Gasteiger partial charge in [-0.1, -0.05) is 13.0 Å². The van der Waals surface area contributed by atoms with Crippen LogP contribution >= 0.6 is 11.8 Å². The summed E-state index contributed by atoms with van der Waals surface area (Å²) in [5.41, 5.74) is 1.77. The first-order valence-electron chi connectivity index (χ1n) is 7.97. The van der Waals surface area contributed by atoms with Crippen molar-refractivity contribution in [2.75, 3.05) is 5.32 Å². The van der Waals surface area contributed by atoms with E-state index in [-0.39, 0.29) is 10.9 Å². The highest BCUT2D eigenvalue weighted by molar-refractivity contribution is 7.99. The number of nitrogens with zero attached hydrogens (tertiary/aromatic N) is 5. The number of aryl methyl sites for hydroxylation is 2. The molecule has 1 amide bonds. The van der Waals surface area contributed by atoms with Crippen LogP contribution in [0.1, 0.15) is 25.4 Å². The lowest BCUT2D eigenvalue weighted by molar-refractivity contribution is -0.114. The molecule has 134 valence electrons. The SMILES string of the molecule is CCc1ncnc(Sc2nnc(C)n2-c2cccc(NC(C)=O)c2)c1F. The molecule has 9 heteroatoms. The Morgan fingerprint density at radius 3 is 2.85 bits per heavy atom. The van der Waals surface area contributed by atoms with E-state index < -0.39 is 5.82 Å². The van der Waals surface area contributed by atoms with Gasteiger partial charge in [-0.25, -0.2) is 14.4 Å². The zero-order valence-electron chi connectivity index (χ0n) is 14.5. The second-order valence-corrected chi connectivity index (χ2v) is 6.45. The van der Waals surface area contributed by atoms with Gasteiger partial charge in [0.2, 0.25) is 11.1 Å². The quantitative estimate of drug-likeness (QED) is 0.693. The molecule has 3 aromatic rings. The molecule has 3 rings (SSSR count). The molecule has 0 aliphatic heterocycles. The molecule has 0 unspecified atom stereocenters. The summed E-state index contributed by atoms with van der Waals surface area (Å²) in [6.45, 7) is 5.08. The summed E-state index contributed by atoms with van der Waals surface area (Å²) < 4.78 is 16.2. The van der Waals surface area contributed by atoms with Crippen molar-refractivity contribution in [1.82, 2.24) is 24.7 Å². The predicted molar refractivity (Wildman–Crippen MR) is 95.9 cm³/mol. The molecule has 2 heterocycles. The molecule has 0 aliphatic carbocycles. The van der Waals surface area contributed by atoms with Crippen molar-refractivity contribution in [1.29, 1.82) is 0 Å². The summed E-state index contributed by atoms with van der Waals surface area (Å²) in [4.78, 5) is 19.2. The van der Waals surface area contributed by atoms with E-state index in [2.05, 4.69) is 25.5 Å². The highest BCUT2D eigenvalue weighted by Gasteiger charge is 2.17. The minimum atomic E-state index is -0.445.